The van der Waals surface area contributed by atoms with Crippen molar-refractivity contribution in [1.29, 1.82) is 0 Å². The third kappa shape index (κ3) is 4.47. The second-order valence-electron chi connectivity index (χ2n) is 7.16. The molecule has 0 spiro atoms. The number of hydrogen-bond donors (Lipinski definition) is 1. The van der Waals surface area contributed by atoms with Gasteiger partial charge in [0.2, 0.25) is 5.60 Å². The minimum Gasteiger partial charge on any atom is -0.357 e. The maximum absolute atomic E-state index is 13.9. The topological polar surface area (TPSA) is 38.3 Å². The summed E-state index contributed by atoms with van der Waals surface area (Å²) in [5.74, 6) is -0.743. The lowest BCUT2D eigenvalue weighted by molar-refractivity contribution is -0.265. The summed E-state index contributed by atoms with van der Waals surface area (Å²) in [6.45, 7) is 0.224. The van der Waals surface area contributed by atoms with Crippen molar-refractivity contribution in [3.05, 3.63) is 47.5 Å². The highest BCUT2D eigenvalue weighted by molar-refractivity contribution is 5.86. The number of hydrogen-bond acceptors (Lipinski definition) is 2. The van der Waals surface area contributed by atoms with E-state index in [1.807, 2.05) is 36.4 Å². The zero-order valence-electron chi connectivity index (χ0n) is 14.6. The predicted molar refractivity (Wildman–Crippen MR) is 92.6 cm³/mol. The van der Waals surface area contributed by atoms with E-state index in [0.29, 0.717) is 37.3 Å². The largest absolute Gasteiger partial charge is 0.426 e. The summed E-state index contributed by atoms with van der Waals surface area (Å²) in [6.07, 6.45) is 0.100. The number of ether oxygens (including phenoxy) is 1. The smallest absolute Gasteiger partial charge is 0.357 e. The second kappa shape index (κ2) is 7.82. The van der Waals surface area contributed by atoms with E-state index < -0.39 is 24.1 Å². The van der Waals surface area contributed by atoms with Crippen LogP contribution in [0.5, 0.6) is 0 Å². The van der Waals surface area contributed by atoms with Crippen LogP contribution in [-0.4, -0.2) is 30.8 Å². The molecule has 6 heteroatoms. The molecule has 1 aliphatic carbocycles. The van der Waals surface area contributed by atoms with Gasteiger partial charge in [0.25, 0.3) is 5.91 Å². The lowest BCUT2D eigenvalue weighted by Gasteiger charge is -2.33. The number of halogens is 3. The highest BCUT2D eigenvalue weighted by Crippen LogP contribution is 2.42. The van der Waals surface area contributed by atoms with E-state index in [1.54, 1.807) is 0 Å². The van der Waals surface area contributed by atoms with Gasteiger partial charge in [0.15, 0.2) is 0 Å². The molecule has 1 aliphatic heterocycles. The fourth-order valence-corrected chi connectivity index (χ4v) is 3.21. The third-order valence-electron chi connectivity index (χ3n) is 5.01. The fraction of sp³-hybridized carbons (Fsp3) is 0.550. The zero-order chi connectivity index (χ0) is 18.6. The van der Waals surface area contributed by atoms with Crippen LogP contribution in [0.2, 0.25) is 0 Å². The first-order valence-corrected chi connectivity index (χ1v) is 9.11. The van der Waals surface area contributed by atoms with Gasteiger partial charge in [-0.1, -0.05) is 42.0 Å². The van der Waals surface area contributed by atoms with Gasteiger partial charge in [0.05, 0.1) is 0 Å². The fourth-order valence-electron chi connectivity index (χ4n) is 3.21. The Labute approximate surface area is 151 Å². The molecule has 142 valence electrons. The number of alkyl halides is 3. The molecular weight excluding hydrogens is 343 g/mol. The Bertz CT molecular complexity index is 653. The van der Waals surface area contributed by atoms with E-state index in [0.717, 1.165) is 18.4 Å². The Balaban J connectivity index is 1.78. The molecule has 1 amide bonds. The van der Waals surface area contributed by atoms with Crippen LogP contribution in [-0.2, 0) is 16.0 Å². The van der Waals surface area contributed by atoms with E-state index in [-0.39, 0.29) is 6.61 Å². The average Bonchev–Trinajstić information content (AvgIpc) is 3.44. The molecule has 1 atom stereocenters. The van der Waals surface area contributed by atoms with Crippen LogP contribution in [0.15, 0.2) is 42.0 Å². The third-order valence-corrected chi connectivity index (χ3v) is 5.01. The first kappa shape index (κ1) is 19.0. The van der Waals surface area contributed by atoms with Crippen LogP contribution in [0, 0.1) is 5.92 Å². The lowest BCUT2D eigenvalue weighted by atomic mass is 9.90. The maximum atomic E-state index is 13.9. The summed E-state index contributed by atoms with van der Waals surface area (Å²) in [4.78, 5) is 12.5. The van der Waals surface area contributed by atoms with Crippen molar-refractivity contribution >= 4 is 5.91 Å². The van der Waals surface area contributed by atoms with Crippen LogP contribution in [0.1, 0.15) is 37.7 Å². The van der Waals surface area contributed by atoms with Crippen molar-refractivity contribution in [1.82, 2.24) is 5.32 Å². The van der Waals surface area contributed by atoms with Gasteiger partial charge in [0.1, 0.15) is 0 Å². The van der Waals surface area contributed by atoms with Gasteiger partial charge in [-0.25, -0.2) is 0 Å². The van der Waals surface area contributed by atoms with Crippen molar-refractivity contribution in [2.24, 2.45) is 5.92 Å². The number of carbonyl (C=O) groups excluding carboxylic acids is 1. The number of amides is 1. The second-order valence-corrected chi connectivity index (χ2v) is 7.16. The number of carbonyl (C=O) groups is 1. The molecule has 1 heterocycles. The van der Waals surface area contributed by atoms with E-state index >= 15 is 0 Å². The molecule has 1 unspecified atom stereocenters. The molecule has 0 radical (unpaired) electrons. The Morgan fingerprint density at radius 1 is 1.27 bits per heavy atom. The summed E-state index contributed by atoms with van der Waals surface area (Å²) in [7, 11) is 0. The molecule has 3 rings (SSSR count). The molecule has 1 N–H and O–H groups in total. The summed E-state index contributed by atoms with van der Waals surface area (Å²) in [6, 6.07) is 9.56. The minimum absolute atomic E-state index is 0.0704. The Kier molecular flexibility index (Phi) is 5.70. The molecule has 2 fully saturated rings. The zero-order valence-corrected chi connectivity index (χ0v) is 14.6. The normalized spacial score (nSPS) is 25.7. The quantitative estimate of drug-likeness (QED) is 0.793. The predicted octanol–water partition coefficient (Wildman–Crippen LogP) is 4.18. The van der Waals surface area contributed by atoms with E-state index in [4.69, 9.17) is 4.74 Å². The SMILES string of the molecule is O=C(NCC1CC1)C1(C(F)(F)F)CC(=CCc2ccccc2)CCCO1. The number of rotatable bonds is 5. The van der Waals surface area contributed by atoms with Gasteiger partial charge in [0, 0.05) is 19.6 Å². The first-order chi connectivity index (χ1) is 12.4. The molecule has 1 saturated carbocycles. The Morgan fingerprint density at radius 2 is 2.00 bits per heavy atom. The van der Waals surface area contributed by atoms with Crippen LogP contribution < -0.4 is 5.32 Å². The average molecular weight is 367 g/mol. The number of allylic oxidation sites excluding steroid dienone is 1. The monoisotopic (exact) mass is 367 g/mol. The molecule has 3 nitrogen and oxygen atoms in total. The van der Waals surface area contributed by atoms with Gasteiger partial charge >= 0.3 is 6.18 Å². The van der Waals surface area contributed by atoms with Crippen molar-refractivity contribution in [3.8, 4) is 0 Å². The van der Waals surface area contributed by atoms with Gasteiger partial charge in [-0.15, -0.1) is 0 Å². The van der Waals surface area contributed by atoms with Crippen molar-refractivity contribution in [2.75, 3.05) is 13.2 Å². The van der Waals surface area contributed by atoms with Gasteiger partial charge in [-0.05, 0) is 43.6 Å². The lowest BCUT2D eigenvalue weighted by Crippen LogP contribution is -2.59. The van der Waals surface area contributed by atoms with Crippen LogP contribution in [0.4, 0.5) is 13.2 Å². The van der Waals surface area contributed by atoms with E-state index in [9.17, 15) is 18.0 Å². The van der Waals surface area contributed by atoms with E-state index in [2.05, 4.69) is 5.32 Å². The van der Waals surface area contributed by atoms with Gasteiger partial charge < -0.3 is 10.1 Å². The summed E-state index contributed by atoms with van der Waals surface area (Å²) >= 11 is 0. The number of benzene rings is 1. The Hall–Kier alpha value is -1.82. The maximum Gasteiger partial charge on any atom is 0.426 e. The van der Waals surface area contributed by atoms with Crippen molar-refractivity contribution in [3.63, 3.8) is 0 Å². The molecular formula is C20H24F3NO2. The molecule has 1 saturated heterocycles. The molecule has 0 aromatic heterocycles. The summed E-state index contributed by atoms with van der Waals surface area (Å²) in [5, 5.41) is 2.47. The minimum atomic E-state index is -4.75. The van der Waals surface area contributed by atoms with Crippen LogP contribution in [0.25, 0.3) is 0 Å². The highest BCUT2D eigenvalue weighted by atomic mass is 19.4. The van der Waals surface area contributed by atoms with Crippen LogP contribution >= 0.6 is 0 Å². The molecule has 1 aromatic rings. The molecule has 0 bridgehead atoms. The van der Waals surface area contributed by atoms with Gasteiger partial charge in [-0.2, -0.15) is 13.2 Å². The molecule has 26 heavy (non-hydrogen) atoms. The van der Waals surface area contributed by atoms with Gasteiger partial charge in [-0.3, -0.25) is 4.79 Å². The van der Waals surface area contributed by atoms with Crippen molar-refractivity contribution in [2.45, 2.75) is 50.3 Å². The molecule has 1 aromatic carbocycles. The Morgan fingerprint density at radius 3 is 2.65 bits per heavy atom. The van der Waals surface area contributed by atoms with E-state index in [1.165, 1.54) is 0 Å². The summed E-state index contributed by atoms with van der Waals surface area (Å²) < 4.78 is 46.8. The molecule has 2 aliphatic rings. The number of nitrogens with one attached hydrogen (secondary N) is 1. The first-order valence-electron chi connectivity index (χ1n) is 9.11. The highest BCUT2D eigenvalue weighted by Gasteiger charge is 2.62. The van der Waals surface area contributed by atoms with Crippen LogP contribution in [0.3, 0.4) is 0 Å². The van der Waals surface area contributed by atoms with Crippen molar-refractivity contribution < 1.29 is 22.7 Å². The standard InChI is InChI=1S/C20H24F3NO2/c21-20(22,23)19(18(25)24-14-17-10-11-17)13-16(7-4-12-26-19)9-8-15-5-2-1-3-6-15/h1-3,5-6,9,17H,4,7-8,10-14H2,(H,24,25). The summed E-state index contributed by atoms with van der Waals surface area (Å²) in [5.41, 5.74) is -1.12.